The van der Waals surface area contributed by atoms with Crippen molar-refractivity contribution in [2.75, 3.05) is 0 Å². The van der Waals surface area contributed by atoms with Crippen LogP contribution in [0.15, 0.2) is 42.5 Å². The molecule has 0 aromatic heterocycles. The zero-order chi connectivity index (χ0) is 15.3. The minimum atomic E-state index is -1.66. The fourth-order valence-electron chi connectivity index (χ4n) is 3.75. The molecule has 2 aromatic rings. The maximum Gasteiger partial charge on any atom is 4.00 e. The summed E-state index contributed by atoms with van der Waals surface area (Å²) in [6.45, 7) is 11.6. The molecule has 26 heavy (non-hydrogen) atoms. The minimum Gasteiger partial charge on any atom is -1.00 e. The SMILES string of the molecule is CC(C)(C)N[Si](C)(C)c1cccc2c1Cc1ccccc1-2.[Cl-].[Cl-].[Cl-].[Cl-].[Ti+4]. The van der Waals surface area contributed by atoms with Gasteiger partial charge >= 0.3 is 21.7 Å². The first-order valence-electron chi connectivity index (χ1n) is 7.78. The predicted octanol–water partition coefficient (Wildman–Crippen LogP) is -7.93. The van der Waals surface area contributed by atoms with Crippen molar-refractivity contribution in [3.63, 3.8) is 0 Å². The molecule has 142 valence electrons. The van der Waals surface area contributed by atoms with Crippen molar-refractivity contribution < 1.29 is 71.3 Å². The van der Waals surface area contributed by atoms with Crippen molar-refractivity contribution in [3.05, 3.63) is 53.6 Å². The first-order chi connectivity index (χ1) is 9.78. The van der Waals surface area contributed by atoms with Crippen LogP contribution in [-0.2, 0) is 28.1 Å². The molecule has 1 aliphatic carbocycles. The summed E-state index contributed by atoms with van der Waals surface area (Å²) in [6, 6.07) is 15.7. The van der Waals surface area contributed by atoms with Crippen LogP contribution in [0.25, 0.3) is 11.1 Å². The molecule has 7 heteroatoms. The van der Waals surface area contributed by atoms with Gasteiger partial charge in [0.05, 0.1) is 0 Å². The molecular weight excluding hydrogens is 460 g/mol. The van der Waals surface area contributed by atoms with Crippen LogP contribution in [0, 0.1) is 0 Å². The van der Waals surface area contributed by atoms with Gasteiger partial charge < -0.3 is 54.6 Å². The van der Waals surface area contributed by atoms with Crippen LogP contribution in [0.1, 0.15) is 31.9 Å². The van der Waals surface area contributed by atoms with Crippen LogP contribution in [0.2, 0.25) is 13.1 Å². The molecule has 0 bridgehead atoms. The second-order valence-electron chi connectivity index (χ2n) is 7.67. The van der Waals surface area contributed by atoms with Crippen molar-refractivity contribution in [1.82, 2.24) is 4.98 Å². The van der Waals surface area contributed by atoms with Gasteiger partial charge in [-0.3, -0.25) is 0 Å². The standard InChI is InChI=1S/C19H25NSi.4ClH.Ti/c1-19(2,3)20-21(4,5)18-12-8-11-16-15-10-7-6-9-14(15)13-17(16)18;;;;;/h6-12,20H,13H2,1-5H3;4*1H;/q;;;;;+4/p-4. The van der Waals surface area contributed by atoms with E-state index in [1.54, 1.807) is 10.8 Å². The largest absolute Gasteiger partial charge is 4.00 e. The normalized spacial score (nSPS) is 11.3. The van der Waals surface area contributed by atoms with E-state index >= 15 is 0 Å². The number of benzene rings is 2. The molecule has 0 radical (unpaired) electrons. The Morgan fingerprint density at radius 3 is 1.92 bits per heavy atom. The molecule has 0 atom stereocenters. The average molecular weight is 485 g/mol. The van der Waals surface area contributed by atoms with Crippen LogP contribution in [0.4, 0.5) is 0 Å². The van der Waals surface area contributed by atoms with Gasteiger partial charge in [-0.05, 0) is 54.6 Å². The topological polar surface area (TPSA) is 12.0 Å². The van der Waals surface area contributed by atoms with Gasteiger partial charge in [-0.25, -0.2) is 0 Å². The molecule has 0 spiro atoms. The number of hydrogen-bond acceptors (Lipinski definition) is 1. The van der Waals surface area contributed by atoms with Crippen molar-refractivity contribution >= 4 is 13.4 Å². The summed E-state index contributed by atoms with van der Waals surface area (Å²) in [5.74, 6) is 0. The number of fused-ring (bicyclic) bond motifs is 3. The van der Waals surface area contributed by atoms with Crippen molar-refractivity contribution in [3.8, 4) is 11.1 Å². The molecule has 0 saturated carbocycles. The first-order valence-corrected chi connectivity index (χ1v) is 10.8. The van der Waals surface area contributed by atoms with E-state index in [0.717, 1.165) is 6.42 Å². The Labute approximate surface area is 199 Å². The minimum absolute atomic E-state index is 0. The molecule has 0 unspecified atom stereocenters. The first kappa shape index (κ1) is 31.2. The van der Waals surface area contributed by atoms with Gasteiger partial charge in [-0.1, -0.05) is 55.6 Å². The average Bonchev–Trinajstić information content (AvgIpc) is 2.74. The number of hydrogen-bond donors (Lipinski definition) is 1. The van der Waals surface area contributed by atoms with E-state index < -0.39 is 8.24 Å². The van der Waals surface area contributed by atoms with Crippen molar-refractivity contribution in [1.29, 1.82) is 0 Å². The summed E-state index contributed by atoms with van der Waals surface area (Å²) in [6.07, 6.45) is 1.09. The van der Waals surface area contributed by atoms with E-state index in [2.05, 4.69) is 81.3 Å². The molecule has 1 N–H and O–H groups in total. The van der Waals surface area contributed by atoms with Crippen LogP contribution in [-0.4, -0.2) is 13.8 Å². The Balaban J connectivity index is -0.00000106. The number of nitrogens with one attached hydrogen (secondary N) is 1. The van der Waals surface area contributed by atoms with Crippen LogP contribution in [0.5, 0.6) is 0 Å². The molecule has 0 saturated heterocycles. The van der Waals surface area contributed by atoms with Gasteiger partial charge in [0.15, 0.2) is 8.24 Å². The molecule has 0 aliphatic heterocycles. The summed E-state index contributed by atoms with van der Waals surface area (Å²) < 4.78 is 0. The van der Waals surface area contributed by atoms with E-state index in [1.165, 1.54) is 16.7 Å². The number of rotatable bonds is 2. The second-order valence-corrected chi connectivity index (χ2v) is 11.7. The van der Waals surface area contributed by atoms with Gasteiger partial charge in [-0.15, -0.1) is 0 Å². The fraction of sp³-hybridized carbons (Fsp3) is 0.368. The third-order valence-corrected chi connectivity index (χ3v) is 7.40. The monoisotopic (exact) mass is 483 g/mol. The summed E-state index contributed by atoms with van der Waals surface area (Å²) in [7, 11) is -1.66. The molecule has 2 aromatic carbocycles. The second kappa shape index (κ2) is 11.5. The van der Waals surface area contributed by atoms with Crippen LogP contribution < -0.4 is 59.8 Å². The van der Waals surface area contributed by atoms with Crippen LogP contribution >= 0.6 is 0 Å². The Kier molecular flexibility index (Phi) is 13.8. The molecule has 1 nitrogen and oxygen atoms in total. The van der Waals surface area contributed by atoms with Gasteiger partial charge in [0, 0.05) is 5.54 Å². The Morgan fingerprint density at radius 1 is 0.808 bits per heavy atom. The van der Waals surface area contributed by atoms with Gasteiger partial charge in [0.25, 0.3) is 0 Å². The summed E-state index contributed by atoms with van der Waals surface area (Å²) in [5.41, 5.74) is 6.05. The third-order valence-electron chi connectivity index (χ3n) is 4.21. The fourth-order valence-corrected chi connectivity index (χ4v) is 7.25. The maximum absolute atomic E-state index is 3.91. The quantitative estimate of drug-likeness (QED) is 0.356. The van der Waals surface area contributed by atoms with Gasteiger partial charge in [0.1, 0.15) is 0 Å². The van der Waals surface area contributed by atoms with E-state index in [-0.39, 0.29) is 76.9 Å². The van der Waals surface area contributed by atoms with E-state index in [4.69, 9.17) is 0 Å². The van der Waals surface area contributed by atoms with Gasteiger partial charge in [-0.2, -0.15) is 0 Å². The Hall–Kier alpha value is 0.491. The zero-order valence-corrected chi connectivity index (χ0v) is 21.3. The smallest absolute Gasteiger partial charge is 1.00 e. The van der Waals surface area contributed by atoms with E-state index in [1.807, 2.05) is 0 Å². The van der Waals surface area contributed by atoms with E-state index in [9.17, 15) is 0 Å². The molecule has 0 amide bonds. The third kappa shape index (κ3) is 6.53. The zero-order valence-electron chi connectivity index (χ0n) is 15.8. The molecule has 0 fully saturated rings. The van der Waals surface area contributed by atoms with Gasteiger partial charge in [0.2, 0.25) is 0 Å². The summed E-state index contributed by atoms with van der Waals surface area (Å²) >= 11 is 0. The molecule has 0 heterocycles. The predicted molar refractivity (Wildman–Crippen MR) is 94.7 cm³/mol. The summed E-state index contributed by atoms with van der Waals surface area (Å²) in [5, 5.41) is 1.56. The Morgan fingerprint density at radius 2 is 1.35 bits per heavy atom. The van der Waals surface area contributed by atoms with E-state index in [0.29, 0.717) is 0 Å². The molecule has 1 aliphatic rings. The van der Waals surface area contributed by atoms with Crippen LogP contribution in [0.3, 0.4) is 0 Å². The molecular formula is C19H25Cl4NSiTi. The maximum atomic E-state index is 3.91. The van der Waals surface area contributed by atoms with Crippen molar-refractivity contribution in [2.24, 2.45) is 0 Å². The Bertz CT molecular complexity index is 702. The molecule has 3 rings (SSSR count). The summed E-state index contributed by atoms with van der Waals surface area (Å²) in [4.78, 5) is 3.91. The number of halogens is 4. The van der Waals surface area contributed by atoms with Crippen molar-refractivity contribution in [2.45, 2.75) is 45.8 Å².